The summed E-state index contributed by atoms with van der Waals surface area (Å²) in [6, 6.07) is 4.76. The van der Waals surface area contributed by atoms with Crippen LogP contribution in [0.4, 0.5) is 5.69 Å². The molecule has 94 valence electrons. The van der Waals surface area contributed by atoms with E-state index in [1.54, 1.807) is 25.1 Å². The van der Waals surface area contributed by atoms with Crippen molar-refractivity contribution in [3.63, 3.8) is 0 Å². The van der Waals surface area contributed by atoms with Crippen molar-refractivity contribution in [1.82, 2.24) is 0 Å². The maximum atomic E-state index is 11.6. The molecule has 0 aliphatic rings. The number of hydrogen-bond acceptors (Lipinski definition) is 5. The smallest absolute Gasteiger partial charge is 0.341 e. The molecule has 0 radical (unpaired) electrons. The van der Waals surface area contributed by atoms with Gasteiger partial charge >= 0.3 is 5.97 Å². The summed E-state index contributed by atoms with van der Waals surface area (Å²) in [7, 11) is 0. The maximum Gasteiger partial charge on any atom is 0.341 e. The number of esters is 1. The van der Waals surface area contributed by atoms with E-state index in [1.807, 2.05) is 0 Å². The van der Waals surface area contributed by atoms with Gasteiger partial charge in [-0.05, 0) is 19.1 Å². The van der Waals surface area contributed by atoms with Crippen LogP contribution in [-0.4, -0.2) is 30.9 Å². The quantitative estimate of drug-likeness (QED) is 0.443. The van der Waals surface area contributed by atoms with Gasteiger partial charge < -0.3 is 20.3 Å². The molecule has 0 unspecified atom stereocenters. The Balaban J connectivity index is 2.83. The second-order valence-corrected chi connectivity index (χ2v) is 3.40. The summed E-state index contributed by atoms with van der Waals surface area (Å²) in [6.07, 6.45) is 0.497. The first-order valence-corrected chi connectivity index (χ1v) is 5.49. The second kappa shape index (κ2) is 6.75. The predicted octanol–water partition coefficient (Wildman–Crippen LogP) is 1.21. The van der Waals surface area contributed by atoms with Crippen LogP contribution in [0.3, 0.4) is 0 Å². The number of ether oxygens (including phenoxy) is 2. The Kier molecular flexibility index (Phi) is 5.29. The first kappa shape index (κ1) is 13.3. The Morgan fingerprint density at radius 1 is 1.47 bits per heavy atom. The normalized spacial score (nSPS) is 10.0. The summed E-state index contributed by atoms with van der Waals surface area (Å²) >= 11 is 0. The van der Waals surface area contributed by atoms with Crippen molar-refractivity contribution in [2.24, 2.45) is 0 Å². The number of aliphatic hydroxyl groups is 1. The summed E-state index contributed by atoms with van der Waals surface area (Å²) in [6.45, 7) is 2.41. The van der Waals surface area contributed by atoms with Gasteiger partial charge in [-0.2, -0.15) is 0 Å². The summed E-state index contributed by atoms with van der Waals surface area (Å²) in [4.78, 5) is 11.6. The van der Waals surface area contributed by atoms with Gasteiger partial charge in [-0.15, -0.1) is 0 Å². The standard InChI is InChI=1S/C12H17NO4/c1-2-16-12(15)10-5-4-9(13)8-11(10)17-7-3-6-14/h4-5,8,14H,2-3,6-7,13H2,1H3. The Labute approximate surface area is 100 Å². The molecular weight excluding hydrogens is 222 g/mol. The molecule has 1 rings (SSSR count). The van der Waals surface area contributed by atoms with Gasteiger partial charge in [-0.1, -0.05) is 0 Å². The number of nitrogen functional groups attached to an aromatic ring is 1. The summed E-state index contributed by atoms with van der Waals surface area (Å²) in [5.74, 6) is -0.0524. The van der Waals surface area contributed by atoms with Gasteiger partial charge in [0.2, 0.25) is 0 Å². The third-order valence-electron chi connectivity index (χ3n) is 2.06. The average Bonchev–Trinajstić information content (AvgIpc) is 2.30. The number of carbonyl (C=O) groups is 1. The van der Waals surface area contributed by atoms with E-state index in [0.29, 0.717) is 36.6 Å². The lowest BCUT2D eigenvalue weighted by Gasteiger charge is -2.11. The molecule has 1 aromatic rings. The Morgan fingerprint density at radius 2 is 2.24 bits per heavy atom. The predicted molar refractivity (Wildman–Crippen MR) is 64.0 cm³/mol. The van der Waals surface area contributed by atoms with Crippen molar-refractivity contribution in [2.75, 3.05) is 25.6 Å². The first-order chi connectivity index (χ1) is 8.19. The van der Waals surface area contributed by atoms with Gasteiger partial charge in [0.05, 0.1) is 13.2 Å². The van der Waals surface area contributed by atoms with E-state index in [2.05, 4.69) is 0 Å². The third kappa shape index (κ3) is 3.96. The lowest BCUT2D eigenvalue weighted by molar-refractivity contribution is 0.0521. The maximum absolute atomic E-state index is 11.6. The topological polar surface area (TPSA) is 81.8 Å². The van der Waals surface area contributed by atoms with Gasteiger partial charge in [0.15, 0.2) is 0 Å². The van der Waals surface area contributed by atoms with Crippen molar-refractivity contribution in [3.05, 3.63) is 23.8 Å². The van der Waals surface area contributed by atoms with Gasteiger partial charge in [0.1, 0.15) is 11.3 Å². The van der Waals surface area contributed by atoms with Crippen LogP contribution in [0, 0.1) is 0 Å². The monoisotopic (exact) mass is 239 g/mol. The number of hydrogen-bond donors (Lipinski definition) is 2. The molecule has 0 amide bonds. The summed E-state index contributed by atoms with van der Waals surface area (Å²) in [5.41, 5.74) is 6.48. The number of benzene rings is 1. The minimum Gasteiger partial charge on any atom is -0.493 e. The lowest BCUT2D eigenvalue weighted by Crippen LogP contribution is -2.09. The molecule has 0 spiro atoms. The van der Waals surface area contributed by atoms with Crippen LogP contribution in [0.1, 0.15) is 23.7 Å². The zero-order valence-corrected chi connectivity index (χ0v) is 9.81. The van der Waals surface area contributed by atoms with Crippen LogP contribution in [-0.2, 0) is 4.74 Å². The molecule has 0 aromatic heterocycles. The molecule has 0 aliphatic carbocycles. The number of anilines is 1. The average molecular weight is 239 g/mol. The minimum atomic E-state index is -0.438. The fourth-order valence-corrected chi connectivity index (χ4v) is 1.28. The van der Waals surface area contributed by atoms with Crippen LogP contribution >= 0.6 is 0 Å². The molecule has 0 atom stereocenters. The van der Waals surface area contributed by atoms with E-state index in [0.717, 1.165) is 0 Å². The molecular formula is C12H17NO4. The second-order valence-electron chi connectivity index (χ2n) is 3.40. The van der Waals surface area contributed by atoms with E-state index >= 15 is 0 Å². The molecule has 5 heteroatoms. The highest BCUT2D eigenvalue weighted by Gasteiger charge is 2.13. The van der Waals surface area contributed by atoms with Crippen LogP contribution in [0.25, 0.3) is 0 Å². The Morgan fingerprint density at radius 3 is 2.88 bits per heavy atom. The van der Waals surface area contributed by atoms with Gasteiger partial charge in [0.25, 0.3) is 0 Å². The van der Waals surface area contributed by atoms with Crippen molar-refractivity contribution < 1.29 is 19.4 Å². The third-order valence-corrected chi connectivity index (χ3v) is 2.06. The number of aliphatic hydroxyl groups excluding tert-OH is 1. The van der Waals surface area contributed by atoms with Gasteiger partial charge in [-0.3, -0.25) is 0 Å². The van der Waals surface area contributed by atoms with Crippen LogP contribution < -0.4 is 10.5 Å². The molecule has 0 bridgehead atoms. The van der Waals surface area contributed by atoms with Gasteiger partial charge in [0, 0.05) is 24.8 Å². The zero-order chi connectivity index (χ0) is 12.7. The summed E-state index contributed by atoms with van der Waals surface area (Å²) in [5, 5.41) is 8.67. The molecule has 17 heavy (non-hydrogen) atoms. The fraction of sp³-hybridized carbons (Fsp3) is 0.417. The number of carbonyl (C=O) groups excluding carboxylic acids is 1. The molecule has 0 saturated carbocycles. The Bertz CT molecular complexity index is 379. The van der Waals surface area contributed by atoms with Gasteiger partial charge in [-0.25, -0.2) is 4.79 Å². The molecule has 0 aliphatic heterocycles. The van der Waals surface area contributed by atoms with Crippen LogP contribution in [0.5, 0.6) is 5.75 Å². The van der Waals surface area contributed by atoms with Crippen molar-refractivity contribution in [2.45, 2.75) is 13.3 Å². The van der Waals surface area contributed by atoms with E-state index in [4.69, 9.17) is 20.3 Å². The number of nitrogens with two attached hydrogens (primary N) is 1. The molecule has 0 fully saturated rings. The molecule has 1 aromatic carbocycles. The highest BCUT2D eigenvalue weighted by Crippen LogP contribution is 2.22. The molecule has 0 saturated heterocycles. The van der Waals surface area contributed by atoms with Crippen molar-refractivity contribution in [3.8, 4) is 5.75 Å². The fourth-order valence-electron chi connectivity index (χ4n) is 1.28. The van der Waals surface area contributed by atoms with E-state index in [-0.39, 0.29) is 6.61 Å². The SMILES string of the molecule is CCOC(=O)c1ccc(N)cc1OCCCO. The highest BCUT2D eigenvalue weighted by atomic mass is 16.5. The zero-order valence-electron chi connectivity index (χ0n) is 9.81. The lowest BCUT2D eigenvalue weighted by atomic mass is 10.2. The first-order valence-electron chi connectivity index (χ1n) is 5.49. The molecule has 0 heterocycles. The minimum absolute atomic E-state index is 0.0387. The largest absolute Gasteiger partial charge is 0.493 e. The Hall–Kier alpha value is -1.75. The van der Waals surface area contributed by atoms with Crippen molar-refractivity contribution in [1.29, 1.82) is 0 Å². The highest BCUT2D eigenvalue weighted by molar-refractivity contribution is 5.93. The van der Waals surface area contributed by atoms with E-state index in [1.165, 1.54) is 0 Å². The van der Waals surface area contributed by atoms with Crippen molar-refractivity contribution >= 4 is 11.7 Å². The molecule has 5 nitrogen and oxygen atoms in total. The van der Waals surface area contributed by atoms with Crippen LogP contribution in [0.15, 0.2) is 18.2 Å². The van der Waals surface area contributed by atoms with Crippen LogP contribution in [0.2, 0.25) is 0 Å². The van der Waals surface area contributed by atoms with E-state index < -0.39 is 5.97 Å². The summed E-state index contributed by atoms with van der Waals surface area (Å²) < 4.78 is 10.3. The molecule has 3 N–H and O–H groups in total. The number of rotatable bonds is 6. The van der Waals surface area contributed by atoms with E-state index in [9.17, 15) is 4.79 Å².